The van der Waals surface area contributed by atoms with E-state index in [9.17, 15) is 14.7 Å². The maximum absolute atomic E-state index is 11.8. The number of aliphatic hydroxyl groups excluding tert-OH is 1. The molecule has 2 atom stereocenters. The Hall–Kier alpha value is -2.10. The first-order valence-electron chi connectivity index (χ1n) is 5.47. The van der Waals surface area contributed by atoms with Crippen molar-refractivity contribution in [1.82, 2.24) is 0 Å². The van der Waals surface area contributed by atoms with Gasteiger partial charge in [-0.15, -0.1) is 0 Å². The lowest BCUT2D eigenvalue weighted by atomic mass is 10.1. The number of aliphatic hydroxyl groups is 1. The summed E-state index contributed by atoms with van der Waals surface area (Å²) in [5, 5.41) is 9.55. The van der Waals surface area contributed by atoms with E-state index in [1.165, 1.54) is 0 Å². The van der Waals surface area contributed by atoms with Crippen molar-refractivity contribution < 1.29 is 24.2 Å². The van der Waals surface area contributed by atoms with Crippen LogP contribution in [0, 0.1) is 6.92 Å². The lowest BCUT2D eigenvalue weighted by Gasteiger charge is -2.15. The smallest absolute Gasteiger partial charge is 0.341 e. The van der Waals surface area contributed by atoms with Crippen LogP contribution in [0.25, 0.3) is 0 Å². The maximum Gasteiger partial charge on any atom is 0.341 e. The number of ether oxygens (including phenoxy) is 2. The van der Waals surface area contributed by atoms with E-state index in [4.69, 9.17) is 9.47 Å². The number of carbonyl (C=O) groups excluding carboxylic acids is 2. The van der Waals surface area contributed by atoms with E-state index >= 15 is 0 Å². The largest absolute Gasteiger partial charge is 0.445 e. The molecule has 1 aliphatic heterocycles. The SMILES string of the molecule is Cc1ccccc1C(=O)O[C@H]1OC(=C=O)C[C@@H]1O. The molecule has 0 bridgehead atoms. The van der Waals surface area contributed by atoms with Crippen molar-refractivity contribution in [3.63, 3.8) is 0 Å². The molecular formula is C13H12O5. The van der Waals surface area contributed by atoms with Gasteiger partial charge in [-0.2, -0.15) is 0 Å². The molecule has 0 saturated carbocycles. The average molecular weight is 248 g/mol. The molecule has 1 aromatic carbocycles. The summed E-state index contributed by atoms with van der Waals surface area (Å²) in [5.74, 6) is 0.912. The average Bonchev–Trinajstić information content (AvgIpc) is 2.70. The van der Waals surface area contributed by atoms with Crippen molar-refractivity contribution in [3.05, 3.63) is 41.2 Å². The molecule has 0 unspecified atom stereocenters. The quantitative estimate of drug-likeness (QED) is 0.623. The normalized spacial score (nSPS) is 22.2. The van der Waals surface area contributed by atoms with Gasteiger partial charge in [0.25, 0.3) is 6.29 Å². The van der Waals surface area contributed by atoms with Crippen LogP contribution in [0.3, 0.4) is 0 Å². The van der Waals surface area contributed by atoms with Gasteiger partial charge >= 0.3 is 5.97 Å². The van der Waals surface area contributed by atoms with Crippen LogP contribution in [0.2, 0.25) is 0 Å². The van der Waals surface area contributed by atoms with Crippen LogP contribution in [0.15, 0.2) is 30.0 Å². The first-order valence-corrected chi connectivity index (χ1v) is 5.47. The zero-order valence-electron chi connectivity index (χ0n) is 9.75. The minimum absolute atomic E-state index is 0.00915. The summed E-state index contributed by atoms with van der Waals surface area (Å²) in [6.45, 7) is 1.78. The Labute approximate surface area is 104 Å². The molecule has 0 radical (unpaired) electrons. The van der Waals surface area contributed by atoms with E-state index in [0.29, 0.717) is 5.56 Å². The number of esters is 1. The van der Waals surface area contributed by atoms with Crippen molar-refractivity contribution in [2.45, 2.75) is 25.7 Å². The third kappa shape index (κ3) is 2.42. The molecule has 1 heterocycles. The number of rotatable bonds is 2. The minimum Gasteiger partial charge on any atom is -0.445 e. The van der Waals surface area contributed by atoms with Gasteiger partial charge in [-0.3, -0.25) is 0 Å². The van der Waals surface area contributed by atoms with Gasteiger partial charge in [0.05, 0.1) is 5.56 Å². The minimum atomic E-state index is -1.14. The Morgan fingerprint density at radius 1 is 1.50 bits per heavy atom. The third-order valence-corrected chi connectivity index (χ3v) is 2.67. The zero-order valence-corrected chi connectivity index (χ0v) is 9.75. The van der Waals surface area contributed by atoms with Crippen LogP contribution in [0.4, 0.5) is 0 Å². The van der Waals surface area contributed by atoms with Gasteiger partial charge in [0.1, 0.15) is 6.10 Å². The van der Waals surface area contributed by atoms with E-state index in [-0.39, 0.29) is 12.2 Å². The molecule has 0 spiro atoms. The molecule has 2 rings (SSSR count). The summed E-state index contributed by atoms with van der Waals surface area (Å²) < 4.78 is 9.97. The van der Waals surface area contributed by atoms with Crippen molar-refractivity contribution in [2.24, 2.45) is 0 Å². The maximum atomic E-state index is 11.8. The zero-order chi connectivity index (χ0) is 13.1. The highest BCUT2D eigenvalue weighted by Crippen LogP contribution is 2.23. The summed E-state index contributed by atoms with van der Waals surface area (Å²) in [4.78, 5) is 22.2. The molecule has 5 heteroatoms. The van der Waals surface area contributed by atoms with Crippen LogP contribution in [-0.2, 0) is 14.3 Å². The summed E-state index contributed by atoms with van der Waals surface area (Å²) in [7, 11) is 0. The van der Waals surface area contributed by atoms with Gasteiger partial charge in [0.15, 0.2) is 11.7 Å². The summed E-state index contributed by atoms with van der Waals surface area (Å²) >= 11 is 0. The Morgan fingerprint density at radius 3 is 2.83 bits per heavy atom. The fourth-order valence-electron chi connectivity index (χ4n) is 1.69. The Morgan fingerprint density at radius 2 is 2.22 bits per heavy atom. The Kier molecular flexibility index (Phi) is 3.46. The van der Waals surface area contributed by atoms with Gasteiger partial charge in [0, 0.05) is 6.42 Å². The fourth-order valence-corrected chi connectivity index (χ4v) is 1.69. The molecule has 18 heavy (non-hydrogen) atoms. The van der Waals surface area contributed by atoms with Crippen molar-refractivity contribution in [3.8, 4) is 0 Å². The second-order valence-corrected chi connectivity index (χ2v) is 4.00. The second-order valence-electron chi connectivity index (χ2n) is 4.00. The summed E-state index contributed by atoms with van der Waals surface area (Å²) in [6.07, 6.45) is -2.17. The van der Waals surface area contributed by atoms with Gasteiger partial charge in [-0.25, -0.2) is 9.59 Å². The van der Waals surface area contributed by atoms with Crippen molar-refractivity contribution >= 4 is 11.9 Å². The molecule has 1 saturated heterocycles. The lowest BCUT2D eigenvalue weighted by molar-refractivity contribution is -0.105. The van der Waals surface area contributed by atoms with Crippen molar-refractivity contribution in [2.75, 3.05) is 0 Å². The number of hydrogen-bond acceptors (Lipinski definition) is 5. The molecule has 1 aliphatic rings. The topological polar surface area (TPSA) is 72.8 Å². The monoisotopic (exact) mass is 248 g/mol. The first kappa shape index (κ1) is 12.4. The second kappa shape index (κ2) is 5.04. The summed E-state index contributed by atoms with van der Waals surface area (Å²) in [5.41, 5.74) is 1.16. The van der Waals surface area contributed by atoms with Gasteiger partial charge in [-0.1, -0.05) is 18.2 Å². The van der Waals surface area contributed by atoms with Gasteiger partial charge in [0.2, 0.25) is 0 Å². The molecule has 5 nitrogen and oxygen atoms in total. The van der Waals surface area contributed by atoms with Crippen LogP contribution >= 0.6 is 0 Å². The van der Waals surface area contributed by atoms with Crippen LogP contribution in [-0.4, -0.2) is 29.4 Å². The fraction of sp³-hybridized carbons (Fsp3) is 0.308. The highest BCUT2D eigenvalue weighted by Gasteiger charge is 2.35. The molecule has 1 fully saturated rings. The Bertz CT molecular complexity index is 516. The number of benzene rings is 1. The third-order valence-electron chi connectivity index (χ3n) is 2.67. The van der Waals surface area contributed by atoms with Crippen LogP contribution < -0.4 is 0 Å². The highest BCUT2D eigenvalue weighted by atomic mass is 16.7. The lowest BCUT2D eigenvalue weighted by Crippen LogP contribution is -2.27. The van der Waals surface area contributed by atoms with Crippen LogP contribution in [0.1, 0.15) is 22.3 Å². The van der Waals surface area contributed by atoms with E-state index in [1.54, 1.807) is 37.1 Å². The molecule has 94 valence electrons. The number of carbonyl (C=O) groups is 1. The molecule has 1 aromatic rings. The van der Waals surface area contributed by atoms with Gasteiger partial charge < -0.3 is 14.6 Å². The molecule has 0 aromatic heterocycles. The molecule has 0 amide bonds. The highest BCUT2D eigenvalue weighted by molar-refractivity contribution is 5.91. The molecule has 1 N–H and O–H groups in total. The van der Waals surface area contributed by atoms with Crippen LogP contribution in [0.5, 0.6) is 0 Å². The van der Waals surface area contributed by atoms with Crippen molar-refractivity contribution in [1.29, 1.82) is 0 Å². The molecule has 0 aliphatic carbocycles. The first-order chi connectivity index (χ1) is 8.61. The predicted molar refractivity (Wildman–Crippen MR) is 61.3 cm³/mol. The predicted octanol–water partition coefficient (Wildman–Crippen LogP) is 0.975. The number of hydrogen-bond donors (Lipinski definition) is 1. The molecular weight excluding hydrogens is 236 g/mol. The van der Waals surface area contributed by atoms with E-state index in [0.717, 1.165) is 5.56 Å². The van der Waals surface area contributed by atoms with E-state index in [2.05, 4.69) is 0 Å². The Balaban J connectivity index is 2.09. The van der Waals surface area contributed by atoms with Gasteiger partial charge in [-0.05, 0) is 18.6 Å². The van der Waals surface area contributed by atoms with E-state index in [1.807, 2.05) is 0 Å². The number of aryl methyl sites for hydroxylation is 1. The summed E-state index contributed by atoms with van der Waals surface area (Å²) in [6, 6.07) is 6.92. The standard InChI is InChI=1S/C13H12O5/c1-8-4-2-3-5-10(8)12(16)18-13-11(15)6-9(7-14)17-13/h2-5,11,13,15H,6H2,1H3/t11-,13+/m0/s1. The van der Waals surface area contributed by atoms with E-state index < -0.39 is 18.4 Å².